The maximum absolute atomic E-state index is 12.7. The van der Waals surface area contributed by atoms with Gasteiger partial charge in [-0.2, -0.15) is 4.31 Å². The van der Waals surface area contributed by atoms with Gasteiger partial charge in [0.25, 0.3) is 0 Å². The minimum absolute atomic E-state index is 0.122. The molecule has 144 valence electrons. The van der Waals surface area contributed by atoms with Gasteiger partial charge in [-0.05, 0) is 48.9 Å². The topological polar surface area (TPSA) is 66.5 Å². The number of hydrogen-bond acceptors (Lipinski definition) is 4. The van der Waals surface area contributed by atoms with Crippen LogP contribution in [0.1, 0.15) is 24.8 Å². The van der Waals surface area contributed by atoms with E-state index in [9.17, 15) is 13.2 Å². The molecular weight excluding hydrogens is 380 g/mol. The summed E-state index contributed by atoms with van der Waals surface area (Å²) in [5.74, 6) is -0.122. The van der Waals surface area contributed by atoms with Crippen molar-refractivity contribution in [3.05, 3.63) is 54.1 Å². The molecule has 1 N–H and O–H groups in total. The highest BCUT2D eigenvalue weighted by atomic mass is 32.2. The van der Waals surface area contributed by atoms with Gasteiger partial charge < -0.3 is 5.32 Å². The number of anilines is 1. The average Bonchev–Trinajstić information content (AvgIpc) is 2.69. The van der Waals surface area contributed by atoms with Gasteiger partial charge in [0.2, 0.25) is 15.9 Å². The Labute approximate surface area is 165 Å². The molecule has 2 aromatic carbocycles. The van der Waals surface area contributed by atoms with Gasteiger partial charge in [-0.3, -0.25) is 4.79 Å². The van der Waals surface area contributed by atoms with Crippen molar-refractivity contribution in [1.29, 1.82) is 0 Å². The zero-order chi connectivity index (χ0) is 19.3. The summed E-state index contributed by atoms with van der Waals surface area (Å²) in [5.41, 5.74) is 1.58. The Morgan fingerprint density at radius 2 is 1.70 bits per heavy atom. The van der Waals surface area contributed by atoms with Crippen molar-refractivity contribution in [3.8, 4) is 0 Å². The minimum atomic E-state index is -3.43. The number of thioether (sulfide) groups is 1. The van der Waals surface area contributed by atoms with Crippen LogP contribution >= 0.6 is 11.8 Å². The third-order valence-corrected chi connectivity index (χ3v) is 7.33. The van der Waals surface area contributed by atoms with E-state index in [4.69, 9.17) is 0 Å². The van der Waals surface area contributed by atoms with Gasteiger partial charge in [0.1, 0.15) is 0 Å². The second-order valence-electron chi connectivity index (χ2n) is 6.53. The standard InChI is InChI=1S/C20H24N2O3S2/c1-26-19-8-4-3-7-18(19)21-20(23)15-16-9-11-17(12-10-16)27(24,25)22-13-5-2-6-14-22/h3-4,7-12H,2,5-6,13-15H2,1H3,(H,21,23). The number of carbonyl (C=O) groups excluding carboxylic acids is 1. The Hall–Kier alpha value is -1.83. The summed E-state index contributed by atoms with van der Waals surface area (Å²) in [7, 11) is -3.43. The fraction of sp³-hybridized carbons (Fsp3) is 0.350. The van der Waals surface area contributed by atoms with Crippen LogP contribution in [0.3, 0.4) is 0 Å². The van der Waals surface area contributed by atoms with E-state index in [1.165, 1.54) is 0 Å². The number of hydrogen-bond donors (Lipinski definition) is 1. The molecule has 0 aromatic heterocycles. The Balaban J connectivity index is 1.66. The van der Waals surface area contributed by atoms with E-state index in [1.54, 1.807) is 40.3 Å². The normalized spacial score (nSPS) is 15.4. The molecule has 0 atom stereocenters. The lowest BCUT2D eigenvalue weighted by atomic mass is 10.1. The number of rotatable bonds is 6. The summed E-state index contributed by atoms with van der Waals surface area (Å²) in [6.45, 7) is 1.17. The molecule has 1 heterocycles. The highest BCUT2D eigenvalue weighted by Crippen LogP contribution is 2.25. The predicted molar refractivity (Wildman–Crippen MR) is 110 cm³/mol. The van der Waals surface area contributed by atoms with Crippen LogP contribution in [0.2, 0.25) is 0 Å². The molecule has 1 aliphatic rings. The molecule has 0 aliphatic carbocycles. The summed E-state index contributed by atoms with van der Waals surface area (Å²) in [5, 5.41) is 2.92. The van der Waals surface area contributed by atoms with Crippen molar-refractivity contribution in [2.75, 3.05) is 24.7 Å². The fourth-order valence-electron chi connectivity index (χ4n) is 3.16. The fourth-order valence-corrected chi connectivity index (χ4v) is 5.23. The third-order valence-electron chi connectivity index (χ3n) is 4.62. The molecule has 7 heteroatoms. The lowest BCUT2D eigenvalue weighted by Crippen LogP contribution is -2.35. The van der Waals surface area contributed by atoms with Crippen LogP contribution in [-0.2, 0) is 21.2 Å². The number of nitrogens with one attached hydrogen (secondary N) is 1. The van der Waals surface area contributed by atoms with Gasteiger partial charge in [-0.25, -0.2) is 8.42 Å². The van der Waals surface area contributed by atoms with Crippen LogP contribution in [0.25, 0.3) is 0 Å². The molecule has 27 heavy (non-hydrogen) atoms. The molecule has 0 spiro atoms. The zero-order valence-corrected chi connectivity index (χ0v) is 17.0. The van der Waals surface area contributed by atoms with Crippen LogP contribution in [-0.4, -0.2) is 38.0 Å². The van der Waals surface area contributed by atoms with E-state index in [0.29, 0.717) is 18.0 Å². The molecular formula is C20H24N2O3S2. The zero-order valence-electron chi connectivity index (χ0n) is 15.3. The van der Waals surface area contributed by atoms with Gasteiger partial charge in [0, 0.05) is 18.0 Å². The predicted octanol–water partition coefficient (Wildman–Crippen LogP) is 3.76. The molecule has 1 saturated heterocycles. The van der Waals surface area contributed by atoms with Crippen LogP contribution in [0.15, 0.2) is 58.3 Å². The van der Waals surface area contributed by atoms with Crippen molar-refractivity contribution >= 4 is 33.4 Å². The molecule has 1 aliphatic heterocycles. The largest absolute Gasteiger partial charge is 0.325 e. The molecule has 1 fully saturated rings. The number of para-hydroxylation sites is 1. The maximum Gasteiger partial charge on any atom is 0.243 e. The number of sulfonamides is 1. The third kappa shape index (κ3) is 4.91. The number of carbonyl (C=O) groups is 1. The summed E-state index contributed by atoms with van der Waals surface area (Å²) in [6, 6.07) is 14.3. The smallest absolute Gasteiger partial charge is 0.243 e. The second-order valence-corrected chi connectivity index (χ2v) is 9.32. The summed E-state index contributed by atoms with van der Waals surface area (Å²) in [6.07, 6.45) is 5.07. The Morgan fingerprint density at radius 1 is 1.04 bits per heavy atom. The molecule has 0 unspecified atom stereocenters. The minimum Gasteiger partial charge on any atom is -0.325 e. The van der Waals surface area contributed by atoms with Crippen LogP contribution in [0.4, 0.5) is 5.69 Å². The van der Waals surface area contributed by atoms with Crippen molar-refractivity contribution in [2.45, 2.75) is 35.5 Å². The van der Waals surface area contributed by atoms with Crippen LogP contribution in [0.5, 0.6) is 0 Å². The molecule has 0 saturated carbocycles. The summed E-state index contributed by atoms with van der Waals surface area (Å²) in [4.78, 5) is 13.6. The molecule has 3 rings (SSSR count). The first-order valence-electron chi connectivity index (χ1n) is 9.02. The quantitative estimate of drug-likeness (QED) is 0.745. The molecule has 1 amide bonds. The first-order valence-corrected chi connectivity index (χ1v) is 11.7. The van der Waals surface area contributed by atoms with E-state index in [2.05, 4.69) is 5.32 Å². The summed E-state index contributed by atoms with van der Waals surface area (Å²) < 4.78 is 26.9. The number of nitrogens with zero attached hydrogens (tertiary/aromatic N) is 1. The Bertz CT molecular complexity index is 890. The molecule has 0 bridgehead atoms. The van der Waals surface area contributed by atoms with E-state index < -0.39 is 10.0 Å². The van der Waals surface area contributed by atoms with Gasteiger partial charge in [0.15, 0.2) is 0 Å². The summed E-state index contributed by atoms with van der Waals surface area (Å²) >= 11 is 1.58. The van der Waals surface area contributed by atoms with Crippen LogP contribution < -0.4 is 5.32 Å². The van der Waals surface area contributed by atoms with E-state index in [0.717, 1.165) is 35.4 Å². The van der Waals surface area contributed by atoms with Crippen molar-refractivity contribution < 1.29 is 13.2 Å². The molecule has 5 nitrogen and oxygen atoms in total. The molecule has 2 aromatic rings. The van der Waals surface area contributed by atoms with E-state index in [-0.39, 0.29) is 12.3 Å². The van der Waals surface area contributed by atoms with Crippen molar-refractivity contribution in [3.63, 3.8) is 0 Å². The SMILES string of the molecule is CSc1ccccc1NC(=O)Cc1ccc(S(=O)(=O)N2CCCCC2)cc1. The van der Waals surface area contributed by atoms with Crippen molar-refractivity contribution in [2.24, 2.45) is 0 Å². The molecule has 0 radical (unpaired) electrons. The van der Waals surface area contributed by atoms with Gasteiger partial charge in [0.05, 0.1) is 17.0 Å². The first kappa shape index (κ1) is 19.9. The lowest BCUT2D eigenvalue weighted by molar-refractivity contribution is -0.115. The highest BCUT2D eigenvalue weighted by molar-refractivity contribution is 7.98. The lowest BCUT2D eigenvalue weighted by Gasteiger charge is -2.25. The number of piperidine rings is 1. The Morgan fingerprint density at radius 3 is 2.37 bits per heavy atom. The maximum atomic E-state index is 12.7. The van der Waals surface area contributed by atoms with E-state index >= 15 is 0 Å². The van der Waals surface area contributed by atoms with E-state index in [1.807, 2.05) is 30.5 Å². The average molecular weight is 405 g/mol. The van der Waals surface area contributed by atoms with Gasteiger partial charge in [-0.1, -0.05) is 30.7 Å². The Kier molecular flexibility index (Phi) is 6.57. The first-order chi connectivity index (χ1) is 13.0. The monoisotopic (exact) mass is 404 g/mol. The second kappa shape index (κ2) is 8.91. The van der Waals surface area contributed by atoms with Gasteiger partial charge in [-0.15, -0.1) is 11.8 Å². The number of amides is 1. The van der Waals surface area contributed by atoms with Crippen LogP contribution in [0, 0.1) is 0 Å². The highest BCUT2D eigenvalue weighted by Gasteiger charge is 2.25. The van der Waals surface area contributed by atoms with Gasteiger partial charge >= 0.3 is 0 Å². The number of benzene rings is 2. The van der Waals surface area contributed by atoms with Crippen molar-refractivity contribution in [1.82, 2.24) is 4.31 Å².